The Morgan fingerprint density at radius 2 is 1.88 bits per heavy atom. The van der Waals surface area contributed by atoms with Crippen LogP contribution in [0.5, 0.6) is 0 Å². The van der Waals surface area contributed by atoms with Gasteiger partial charge in [-0.2, -0.15) is 5.10 Å². The minimum atomic E-state index is -0.477. The van der Waals surface area contributed by atoms with Crippen molar-refractivity contribution in [3.8, 4) is 5.69 Å². The van der Waals surface area contributed by atoms with Gasteiger partial charge in [0.1, 0.15) is 5.82 Å². The molecular formula is C24H26Cl2N6O2. The fourth-order valence-electron chi connectivity index (χ4n) is 3.74. The molecule has 3 aromatic rings. The van der Waals surface area contributed by atoms with Crippen LogP contribution in [0.1, 0.15) is 37.6 Å². The number of hydrogen-bond acceptors (Lipinski definition) is 4. The Hall–Kier alpha value is -3.07. The number of hydrogen-bond donors (Lipinski definition) is 4. The molecule has 178 valence electrons. The molecule has 5 N–H and O–H groups in total. The topological polar surface area (TPSA) is 114 Å². The van der Waals surface area contributed by atoms with Crippen molar-refractivity contribution in [2.45, 2.75) is 45.2 Å². The molecule has 0 aliphatic carbocycles. The highest BCUT2D eigenvalue weighted by atomic mass is 35.5. The predicted molar refractivity (Wildman–Crippen MR) is 135 cm³/mol. The number of aromatic nitrogens is 2. The van der Waals surface area contributed by atoms with Crippen LogP contribution < -0.4 is 21.7 Å². The van der Waals surface area contributed by atoms with E-state index in [1.165, 1.54) is 0 Å². The van der Waals surface area contributed by atoms with Crippen LogP contribution in [-0.2, 0) is 23.2 Å². The van der Waals surface area contributed by atoms with Crippen molar-refractivity contribution in [3.05, 3.63) is 69.3 Å². The fraction of sp³-hybridized carbons (Fsp3) is 0.292. The molecule has 1 atom stereocenters. The number of carbonyl (C=O) groups is 2. The van der Waals surface area contributed by atoms with E-state index in [4.69, 9.17) is 34.0 Å². The second kappa shape index (κ2) is 9.29. The minimum Gasteiger partial charge on any atom is -0.368 e. The Morgan fingerprint density at radius 3 is 2.59 bits per heavy atom. The number of primary amides is 1. The van der Waals surface area contributed by atoms with E-state index in [2.05, 4.69) is 36.7 Å². The van der Waals surface area contributed by atoms with Crippen molar-refractivity contribution < 1.29 is 9.59 Å². The van der Waals surface area contributed by atoms with E-state index >= 15 is 0 Å². The van der Waals surface area contributed by atoms with E-state index in [-0.39, 0.29) is 22.4 Å². The molecular weight excluding hydrogens is 475 g/mol. The molecule has 0 saturated heterocycles. The summed E-state index contributed by atoms with van der Waals surface area (Å²) in [4.78, 5) is 24.4. The molecule has 34 heavy (non-hydrogen) atoms. The molecule has 0 bridgehead atoms. The SMILES string of the molecule is CC(C)(C)c1cc(NC(=O)Nc2cccc(Cl)c2Cl)n(-c2ccc3c(c2)CNC(C(N)=O)C3)n1. The van der Waals surface area contributed by atoms with Crippen LogP contribution in [0.25, 0.3) is 5.69 Å². The lowest BCUT2D eigenvalue weighted by Crippen LogP contribution is -2.45. The summed E-state index contributed by atoms with van der Waals surface area (Å²) in [6.07, 6.45) is 0.533. The Kier molecular flexibility index (Phi) is 6.58. The van der Waals surface area contributed by atoms with Gasteiger partial charge in [0.05, 0.1) is 33.2 Å². The van der Waals surface area contributed by atoms with Gasteiger partial charge in [0.25, 0.3) is 0 Å². The summed E-state index contributed by atoms with van der Waals surface area (Å²) >= 11 is 12.3. The number of anilines is 2. The zero-order valence-electron chi connectivity index (χ0n) is 19.1. The number of fused-ring (bicyclic) bond motifs is 1. The Balaban J connectivity index is 1.64. The molecule has 0 spiro atoms. The Morgan fingerprint density at radius 1 is 1.12 bits per heavy atom. The first-order chi connectivity index (χ1) is 16.0. The zero-order chi connectivity index (χ0) is 24.6. The summed E-state index contributed by atoms with van der Waals surface area (Å²) in [6.45, 7) is 6.67. The summed E-state index contributed by atoms with van der Waals surface area (Å²) in [7, 11) is 0. The number of halogens is 2. The van der Waals surface area contributed by atoms with Crippen molar-refractivity contribution in [1.82, 2.24) is 15.1 Å². The first-order valence-corrected chi connectivity index (χ1v) is 11.6. The average Bonchev–Trinajstić information content (AvgIpc) is 3.20. The normalized spacial score (nSPS) is 15.5. The van der Waals surface area contributed by atoms with Crippen LogP contribution >= 0.6 is 23.2 Å². The van der Waals surface area contributed by atoms with Gasteiger partial charge in [-0.3, -0.25) is 10.1 Å². The van der Waals surface area contributed by atoms with Crippen LogP contribution in [0.2, 0.25) is 10.0 Å². The van der Waals surface area contributed by atoms with Crippen molar-refractivity contribution in [1.29, 1.82) is 0 Å². The summed E-state index contributed by atoms with van der Waals surface area (Å²) in [6, 6.07) is 11.9. The first-order valence-electron chi connectivity index (χ1n) is 10.8. The van der Waals surface area contributed by atoms with Gasteiger partial charge in [-0.05, 0) is 41.8 Å². The van der Waals surface area contributed by atoms with E-state index < -0.39 is 6.03 Å². The van der Waals surface area contributed by atoms with E-state index in [1.807, 2.05) is 24.3 Å². The maximum absolute atomic E-state index is 12.8. The standard InChI is InChI=1S/C24H26Cl2N6O2/c1-24(2,3)19-11-20(30-23(34)29-17-6-4-5-16(25)21(17)26)32(31-19)15-8-7-13-10-18(22(27)33)28-12-14(13)9-15/h4-9,11,18,28H,10,12H2,1-3H3,(H2,27,33)(H2,29,30,34). The highest BCUT2D eigenvalue weighted by Crippen LogP contribution is 2.31. The number of rotatable bonds is 4. The van der Waals surface area contributed by atoms with Gasteiger partial charge >= 0.3 is 6.03 Å². The second-order valence-corrected chi connectivity index (χ2v) is 10.0. The lowest BCUT2D eigenvalue weighted by atomic mass is 9.92. The predicted octanol–water partition coefficient (Wildman–Crippen LogP) is 4.62. The highest BCUT2D eigenvalue weighted by Gasteiger charge is 2.25. The van der Waals surface area contributed by atoms with E-state index in [0.29, 0.717) is 29.5 Å². The minimum absolute atomic E-state index is 0.237. The smallest absolute Gasteiger partial charge is 0.324 e. The van der Waals surface area contributed by atoms with Gasteiger partial charge in [0.15, 0.2) is 0 Å². The first kappa shape index (κ1) is 24.1. The van der Waals surface area contributed by atoms with Crippen LogP contribution in [0.15, 0.2) is 42.5 Å². The molecule has 0 saturated carbocycles. The summed E-state index contributed by atoms with van der Waals surface area (Å²) < 4.78 is 1.69. The lowest BCUT2D eigenvalue weighted by molar-refractivity contribution is -0.120. The van der Waals surface area contributed by atoms with Gasteiger partial charge in [0.2, 0.25) is 5.91 Å². The molecule has 0 fully saturated rings. The molecule has 1 aliphatic heterocycles. The van der Waals surface area contributed by atoms with Gasteiger partial charge in [-0.25, -0.2) is 9.48 Å². The number of benzene rings is 2. The number of amides is 3. The number of carbonyl (C=O) groups excluding carboxylic acids is 2. The van der Waals surface area contributed by atoms with Gasteiger partial charge in [-0.15, -0.1) is 0 Å². The van der Waals surface area contributed by atoms with Crippen molar-refractivity contribution in [2.24, 2.45) is 5.73 Å². The molecule has 2 aromatic carbocycles. The molecule has 10 heteroatoms. The second-order valence-electron chi connectivity index (χ2n) is 9.25. The lowest BCUT2D eigenvalue weighted by Gasteiger charge is -2.24. The molecule has 1 aliphatic rings. The molecule has 2 heterocycles. The van der Waals surface area contributed by atoms with Crippen molar-refractivity contribution >= 4 is 46.6 Å². The summed E-state index contributed by atoms with van der Waals surface area (Å²) in [5, 5.41) is 14.1. The average molecular weight is 501 g/mol. The van der Waals surface area contributed by atoms with Crippen molar-refractivity contribution in [3.63, 3.8) is 0 Å². The van der Waals surface area contributed by atoms with Gasteiger partial charge in [-0.1, -0.05) is 56.1 Å². The Bertz CT molecular complexity index is 1260. The zero-order valence-corrected chi connectivity index (χ0v) is 20.6. The van der Waals surface area contributed by atoms with Crippen LogP contribution in [0, 0.1) is 0 Å². The molecule has 3 amide bonds. The fourth-order valence-corrected chi connectivity index (χ4v) is 4.09. The quantitative estimate of drug-likeness (QED) is 0.418. The summed E-state index contributed by atoms with van der Waals surface area (Å²) in [5.74, 6) is 0.133. The van der Waals surface area contributed by atoms with E-state index in [0.717, 1.165) is 22.5 Å². The largest absolute Gasteiger partial charge is 0.368 e. The van der Waals surface area contributed by atoms with Crippen LogP contribution in [0.4, 0.5) is 16.3 Å². The number of nitrogens with zero attached hydrogens (tertiary/aromatic N) is 2. The van der Waals surface area contributed by atoms with Gasteiger partial charge < -0.3 is 16.4 Å². The number of nitrogens with one attached hydrogen (secondary N) is 3. The van der Waals surface area contributed by atoms with Crippen molar-refractivity contribution in [2.75, 3.05) is 10.6 Å². The molecule has 1 unspecified atom stereocenters. The van der Waals surface area contributed by atoms with Gasteiger partial charge in [0, 0.05) is 18.0 Å². The third-order valence-corrected chi connectivity index (χ3v) is 6.48. The number of urea groups is 1. The molecule has 4 rings (SSSR count). The molecule has 8 nitrogen and oxygen atoms in total. The maximum Gasteiger partial charge on any atom is 0.324 e. The highest BCUT2D eigenvalue weighted by molar-refractivity contribution is 6.44. The van der Waals surface area contributed by atoms with E-state index in [1.54, 1.807) is 22.9 Å². The van der Waals surface area contributed by atoms with Crippen LogP contribution in [-0.4, -0.2) is 27.8 Å². The number of nitrogens with two attached hydrogens (primary N) is 1. The monoisotopic (exact) mass is 500 g/mol. The Labute approximate surface area is 207 Å². The molecule has 1 aromatic heterocycles. The third-order valence-electron chi connectivity index (χ3n) is 5.66. The molecule has 0 radical (unpaired) electrons. The third kappa shape index (κ3) is 5.04. The maximum atomic E-state index is 12.8. The van der Waals surface area contributed by atoms with E-state index in [9.17, 15) is 9.59 Å². The van der Waals surface area contributed by atoms with Crippen LogP contribution in [0.3, 0.4) is 0 Å². The summed E-state index contributed by atoms with van der Waals surface area (Å²) in [5.41, 5.74) is 9.31.